The van der Waals surface area contributed by atoms with Gasteiger partial charge in [-0.25, -0.2) is 15.0 Å². The van der Waals surface area contributed by atoms with E-state index in [-0.39, 0.29) is 29.9 Å². The molecule has 1 aromatic carbocycles. The second-order valence-corrected chi connectivity index (χ2v) is 7.95. The van der Waals surface area contributed by atoms with Gasteiger partial charge in [-0.3, -0.25) is 4.79 Å². The molecule has 0 unspecified atom stereocenters. The minimum Gasteiger partial charge on any atom is -0.357 e. The third-order valence-corrected chi connectivity index (χ3v) is 5.19. The number of carbonyl (C=O) groups is 1. The molecule has 33 heavy (non-hydrogen) atoms. The fourth-order valence-electron chi connectivity index (χ4n) is 3.47. The molecule has 1 saturated heterocycles. The molecular formula is C23H35IN8O. The van der Waals surface area contributed by atoms with Crippen LogP contribution in [-0.4, -0.2) is 91.5 Å². The van der Waals surface area contributed by atoms with Gasteiger partial charge in [-0.15, -0.1) is 24.0 Å². The van der Waals surface area contributed by atoms with E-state index >= 15 is 0 Å². The quantitative estimate of drug-likeness (QED) is 0.286. The Hall–Kier alpha value is -2.47. The number of anilines is 1. The number of amides is 1. The molecule has 1 fully saturated rings. The van der Waals surface area contributed by atoms with Gasteiger partial charge in [0.15, 0.2) is 5.96 Å². The lowest BCUT2D eigenvalue weighted by Gasteiger charge is -2.36. The van der Waals surface area contributed by atoms with Crippen LogP contribution in [0.1, 0.15) is 22.8 Å². The predicted molar refractivity (Wildman–Crippen MR) is 143 cm³/mol. The number of hydrogen-bond donors (Lipinski definition) is 2. The van der Waals surface area contributed by atoms with Crippen molar-refractivity contribution < 1.29 is 4.79 Å². The van der Waals surface area contributed by atoms with Crippen LogP contribution in [0.3, 0.4) is 0 Å². The van der Waals surface area contributed by atoms with Gasteiger partial charge in [-0.05, 0) is 44.8 Å². The zero-order chi connectivity index (χ0) is 22.8. The van der Waals surface area contributed by atoms with Crippen molar-refractivity contribution in [1.82, 2.24) is 30.4 Å². The summed E-state index contributed by atoms with van der Waals surface area (Å²) in [6, 6.07) is 9.51. The fourth-order valence-corrected chi connectivity index (χ4v) is 3.47. The van der Waals surface area contributed by atoms with Crippen molar-refractivity contribution in [3.05, 3.63) is 53.9 Å². The molecule has 1 aliphatic rings. The highest BCUT2D eigenvalue weighted by molar-refractivity contribution is 14.0. The molecule has 180 valence electrons. The molecule has 2 aromatic rings. The molecule has 0 radical (unpaired) electrons. The van der Waals surface area contributed by atoms with Crippen molar-refractivity contribution in [3.8, 4) is 0 Å². The molecule has 2 N–H and O–H groups in total. The number of hydrogen-bond acceptors (Lipinski definition) is 6. The number of rotatable bonds is 8. The van der Waals surface area contributed by atoms with Gasteiger partial charge in [0.05, 0.1) is 6.54 Å². The van der Waals surface area contributed by atoms with E-state index in [0.29, 0.717) is 18.7 Å². The van der Waals surface area contributed by atoms with Crippen molar-refractivity contribution in [1.29, 1.82) is 0 Å². The van der Waals surface area contributed by atoms with Gasteiger partial charge >= 0.3 is 0 Å². The lowest BCUT2D eigenvalue weighted by atomic mass is 10.1. The van der Waals surface area contributed by atoms with Crippen LogP contribution in [0.15, 0.2) is 47.7 Å². The summed E-state index contributed by atoms with van der Waals surface area (Å²) in [6.07, 6.45) is 3.55. The lowest BCUT2D eigenvalue weighted by Crippen LogP contribution is -2.52. The van der Waals surface area contributed by atoms with E-state index < -0.39 is 0 Å². The number of carbonyl (C=O) groups excluding carboxylic acids is 1. The van der Waals surface area contributed by atoms with Crippen molar-refractivity contribution >= 4 is 41.8 Å². The second-order valence-electron chi connectivity index (χ2n) is 7.95. The summed E-state index contributed by atoms with van der Waals surface area (Å²) in [6.45, 7) is 8.20. The third kappa shape index (κ3) is 8.43. The second kappa shape index (κ2) is 13.9. The van der Waals surface area contributed by atoms with Gasteiger partial charge in [-0.2, -0.15) is 0 Å². The molecule has 0 bridgehead atoms. The number of piperazine rings is 1. The number of nitrogens with one attached hydrogen (secondary N) is 2. The third-order valence-electron chi connectivity index (χ3n) is 5.19. The monoisotopic (exact) mass is 566 g/mol. The number of guanidine groups is 1. The lowest BCUT2D eigenvalue weighted by molar-refractivity contribution is 0.0951. The Kier molecular flexibility index (Phi) is 11.3. The summed E-state index contributed by atoms with van der Waals surface area (Å²) in [4.78, 5) is 32.4. The molecule has 0 saturated carbocycles. The SMILES string of the molecule is CCNC(=NCc1cccc(C(=O)NCCN(C)C)c1)N1CCN(c2ncccn2)CC1.I. The van der Waals surface area contributed by atoms with Crippen molar-refractivity contribution in [3.63, 3.8) is 0 Å². The van der Waals surface area contributed by atoms with Crippen LogP contribution in [0.25, 0.3) is 0 Å². The Morgan fingerprint density at radius 3 is 2.48 bits per heavy atom. The van der Waals surface area contributed by atoms with Crippen molar-refractivity contribution in [2.24, 2.45) is 4.99 Å². The molecule has 10 heteroatoms. The van der Waals surface area contributed by atoms with E-state index in [1.807, 2.05) is 49.3 Å². The predicted octanol–water partition coefficient (Wildman–Crippen LogP) is 1.67. The number of aliphatic imine (C=N–C) groups is 1. The molecule has 1 aromatic heterocycles. The van der Waals surface area contributed by atoms with Crippen LogP contribution >= 0.6 is 24.0 Å². The number of halogens is 1. The van der Waals surface area contributed by atoms with Crippen LogP contribution in [0, 0.1) is 0 Å². The van der Waals surface area contributed by atoms with Gasteiger partial charge in [0.25, 0.3) is 5.91 Å². The fraction of sp³-hybridized carbons (Fsp3) is 0.478. The van der Waals surface area contributed by atoms with Gasteiger partial charge in [0.1, 0.15) is 0 Å². The standard InChI is InChI=1S/C23H34N8O.HI/c1-4-24-22(30-13-15-31(16-14-30)23-26-9-6-10-27-23)28-18-19-7-5-8-20(17-19)21(32)25-11-12-29(2)3;/h5-10,17H,4,11-16,18H2,1-3H3,(H,24,28)(H,25,32);1H. The summed E-state index contributed by atoms with van der Waals surface area (Å²) >= 11 is 0. The normalized spacial score (nSPS) is 14.1. The molecule has 1 amide bonds. The molecule has 1 aliphatic heterocycles. The number of benzene rings is 1. The summed E-state index contributed by atoms with van der Waals surface area (Å²) in [5.74, 6) is 1.61. The van der Waals surface area contributed by atoms with E-state index in [4.69, 9.17) is 4.99 Å². The van der Waals surface area contributed by atoms with Crippen LogP contribution in [0.5, 0.6) is 0 Å². The Balaban J connectivity index is 0.00000385. The van der Waals surface area contributed by atoms with Crippen LogP contribution in [0.2, 0.25) is 0 Å². The van der Waals surface area contributed by atoms with Gasteiger partial charge in [-0.1, -0.05) is 12.1 Å². The average molecular weight is 566 g/mol. The van der Waals surface area contributed by atoms with Crippen LogP contribution in [-0.2, 0) is 6.54 Å². The zero-order valence-corrected chi connectivity index (χ0v) is 22.0. The van der Waals surface area contributed by atoms with Gasteiger partial charge < -0.3 is 25.3 Å². The minimum absolute atomic E-state index is 0. The van der Waals surface area contributed by atoms with E-state index in [1.165, 1.54) is 0 Å². The van der Waals surface area contributed by atoms with Crippen molar-refractivity contribution in [2.75, 3.05) is 64.8 Å². The number of nitrogens with zero attached hydrogens (tertiary/aromatic N) is 6. The Labute approximate surface area is 213 Å². The molecule has 0 atom stereocenters. The maximum atomic E-state index is 12.4. The highest BCUT2D eigenvalue weighted by Crippen LogP contribution is 2.11. The highest BCUT2D eigenvalue weighted by atomic mass is 127. The first kappa shape index (κ1) is 26.8. The summed E-state index contributed by atoms with van der Waals surface area (Å²) in [7, 11) is 3.98. The van der Waals surface area contributed by atoms with E-state index in [1.54, 1.807) is 12.4 Å². The first-order chi connectivity index (χ1) is 15.6. The molecular weight excluding hydrogens is 531 g/mol. The maximum Gasteiger partial charge on any atom is 0.251 e. The summed E-state index contributed by atoms with van der Waals surface area (Å²) in [5.41, 5.74) is 1.68. The summed E-state index contributed by atoms with van der Waals surface area (Å²) in [5, 5.41) is 6.36. The van der Waals surface area contributed by atoms with E-state index in [9.17, 15) is 4.79 Å². The molecule has 9 nitrogen and oxygen atoms in total. The molecule has 0 aliphatic carbocycles. The topological polar surface area (TPSA) is 89.0 Å². The Morgan fingerprint density at radius 2 is 1.82 bits per heavy atom. The van der Waals surface area contributed by atoms with Crippen LogP contribution in [0.4, 0.5) is 5.95 Å². The molecule has 2 heterocycles. The first-order valence-corrected chi connectivity index (χ1v) is 11.1. The molecule has 0 spiro atoms. The van der Waals surface area contributed by atoms with E-state index in [0.717, 1.165) is 56.7 Å². The maximum absolute atomic E-state index is 12.4. The van der Waals surface area contributed by atoms with Crippen molar-refractivity contribution in [2.45, 2.75) is 13.5 Å². The van der Waals surface area contributed by atoms with Gasteiger partial charge in [0, 0.05) is 63.8 Å². The Bertz CT molecular complexity index is 885. The number of aromatic nitrogens is 2. The average Bonchev–Trinajstić information content (AvgIpc) is 2.82. The van der Waals surface area contributed by atoms with E-state index in [2.05, 4.69) is 37.3 Å². The minimum atomic E-state index is -0.0520. The largest absolute Gasteiger partial charge is 0.357 e. The first-order valence-electron chi connectivity index (χ1n) is 11.1. The zero-order valence-electron chi connectivity index (χ0n) is 19.7. The van der Waals surface area contributed by atoms with Crippen LogP contribution < -0.4 is 15.5 Å². The summed E-state index contributed by atoms with van der Waals surface area (Å²) < 4.78 is 0. The van der Waals surface area contributed by atoms with Gasteiger partial charge in [0.2, 0.25) is 5.95 Å². The number of likely N-dealkylation sites (N-methyl/N-ethyl adjacent to an activating group) is 1. The smallest absolute Gasteiger partial charge is 0.251 e. The Morgan fingerprint density at radius 1 is 1.09 bits per heavy atom. The highest BCUT2D eigenvalue weighted by Gasteiger charge is 2.21. The molecule has 3 rings (SSSR count).